The molecule has 2 aromatic carbocycles. The van der Waals surface area contributed by atoms with Crippen molar-refractivity contribution >= 4 is 34.9 Å². The van der Waals surface area contributed by atoms with E-state index in [1.54, 1.807) is 6.07 Å². The van der Waals surface area contributed by atoms with Crippen LogP contribution in [0.3, 0.4) is 0 Å². The van der Waals surface area contributed by atoms with E-state index in [1.165, 1.54) is 38.3 Å². The van der Waals surface area contributed by atoms with Crippen molar-refractivity contribution in [2.75, 3.05) is 12.4 Å². The predicted molar refractivity (Wildman–Crippen MR) is 110 cm³/mol. The molecule has 9 nitrogen and oxygen atoms in total. The predicted octanol–water partition coefficient (Wildman–Crippen LogP) is 4.23. The van der Waals surface area contributed by atoms with Crippen molar-refractivity contribution in [1.29, 1.82) is 0 Å². The number of methoxy groups -OCH3 is 1. The summed E-state index contributed by atoms with van der Waals surface area (Å²) in [6.45, 7) is 5.08. The van der Waals surface area contributed by atoms with E-state index >= 15 is 0 Å². The van der Waals surface area contributed by atoms with Crippen LogP contribution in [0.15, 0.2) is 36.4 Å². The molecule has 0 aromatic heterocycles. The van der Waals surface area contributed by atoms with Crippen molar-refractivity contribution in [1.82, 2.24) is 0 Å². The molecule has 0 aliphatic heterocycles. The molecule has 0 spiro atoms. The van der Waals surface area contributed by atoms with Gasteiger partial charge in [0, 0.05) is 12.1 Å². The van der Waals surface area contributed by atoms with Crippen LogP contribution in [-0.4, -0.2) is 36.1 Å². The van der Waals surface area contributed by atoms with Crippen LogP contribution in [0, 0.1) is 10.1 Å². The molecule has 30 heavy (non-hydrogen) atoms. The Morgan fingerprint density at radius 2 is 1.80 bits per heavy atom. The van der Waals surface area contributed by atoms with Crippen LogP contribution in [0.25, 0.3) is 0 Å². The standard InChI is InChI=1S/C20H21ClN2O7/c1-11(2)29-17-8-5-13(9-18(17)28-4)20(25)30-12(3)19(24)22-16-10-14(23(26)27)6-7-15(16)21/h5-12H,1-4H3,(H,22,24). The van der Waals surface area contributed by atoms with Gasteiger partial charge in [-0.25, -0.2) is 4.79 Å². The monoisotopic (exact) mass is 436 g/mol. The molecule has 1 N–H and O–H groups in total. The third kappa shape index (κ3) is 5.84. The molecule has 0 aliphatic rings. The topological polar surface area (TPSA) is 117 Å². The fourth-order valence-electron chi connectivity index (χ4n) is 2.38. The molecule has 0 saturated carbocycles. The average Bonchev–Trinajstić information content (AvgIpc) is 2.69. The quantitative estimate of drug-likeness (QED) is 0.373. The first kappa shape index (κ1) is 23.0. The summed E-state index contributed by atoms with van der Waals surface area (Å²) in [7, 11) is 1.44. The van der Waals surface area contributed by atoms with E-state index in [0.717, 1.165) is 6.07 Å². The highest BCUT2D eigenvalue weighted by molar-refractivity contribution is 6.33. The Bertz CT molecular complexity index is 962. The van der Waals surface area contributed by atoms with Crippen molar-refractivity contribution in [2.24, 2.45) is 0 Å². The first-order valence-corrected chi connectivity index (χ1v) is 9.30. The average molecular weight is 437 g/mol. The number of nitro benzene ring substituents is 1. The summed E-state index contributed by atoms with van der Waals surface area (Å²) in [5, 5.41) is 13.4. The minimum absolute atomic E-state index is 0.0376. The molecule has 0 heterocycles. The molecule has 0 fully saturated rings. The minimum Gasteiger partial charge on any atom is -0.493 e. The number of rotatable bonds is 8. The van der Waals surface area contributed by atoms with Gasteiger partial charge in [-0.1, -0.05) is 11.6 Å². The highest BCUT2D eigenvalue weighted by Gasteiger charge is 2.22. The smallest absolute Gasteiger partial charge is 0.339 e. The normalized spacial score (nSPS) is 11.5. The van der Waals surface area contributed by atoms with Crippen molar-refractivity contribution in [3.8, 4) is 11.5 Å². The Hall–Kier alpha value is -3.33. The maximum Gasteiger partial charge on any atom is 0.339 e. The number of carbonyl (C=O) groups is 2. The van der Waals surface area contributed by atoms with Gasteiger partial charge in [-0.3, -0.25) is 14.9 Å². The highest BCUT2D eigenvalue weighted by Crippen LogP contribution is 2.30. The summed E-state index contributed by atoms with van der Waals surface area (Å²) in [5.74, 6) is -0.636. The zero-order valence-electron chi connectivity index (χ0n) is 16.8. The number of amides is 1. The summed E-state index contributed by atoms with van der Waals surface area (Å²) >= 11 is 5.96. The summed E-state index contributed by atoms with van der Waals surface area (Å²) in [5.41, 5.74) is -0.0400. The lowest BCUT2D eigenvalue weighted by Crippen LogP contribution is -2.30. The lowest BCUT2D eigenvalue weighted by Gasteiger charge is -2.16. The van der Waals surface area contributed by atoms with E-state index in [1.807, 2.05) is 13.8 Å². The molecule has 1 amide bonds. The third-order valence-electron chi connectivity index (χ3n) is 3.83. The Balaban J connectivity index is 2.09. The number of nitro groups is 1. The maximum atomic E-state index is 12.4. The van der Waals surface area contributed by atoms with Gasteiger partial charge in [-0.05, 0) is 45.0 Å². The Labute approximate surface area is 178 Å². The number of benzene rings is 2. The number of nitrogens with zero attached hydrogens (tertiary/aromatic N) is 1. The van der Waals surface area contributed by atoms with Crippen molar-refractivity contribution < 1.29 is 28.7 Å². The number of hydrogen-bond donors (Lipinski definition) is 1. The molecule has 10 heteroatoms. The van der Waals surface area contributed by atoms with Crippen LogP contribution in [0.2, 0.25) is 5.02 Å². The van der Waals surface area contributed by atoms with Crippen LogP contribution in [-0.2, 0) is 9.53 Å². The van der Waals surface area contributed by atoms with Crippen LogP contribution in [0.5, 0.6) is 11.5 Å². The lowest BCUT2D eigenvalue weighted by molar-refractivity contribution is -0.384. The van der Waals surface area contributed by atoms with Crippen LogP contribution < -0.4 is 14.8 Å². The number of anilines is 1. The van der Waals surface area contributed by atoms with E-state index in [2.05, 4.69) is 5.32 Å². The third-order valence-corrected chi connectivity index (χ3v) is 4.16. The molecule has 1 atom stereocenters. The summed E-state index contributed by atoms with van der Waals surface area (Å²) in [6, 6.07) is 8.13. The van der Waals surface area contributed by atoms with Gasteiger partial charge in [0.2, 0.25) is 0 Å². The molecule has 2 rings (SSSR count). The van der Waals surface area contributed by atoms with Gasteiger partial charge in [0.15, 0.2) is 17.6 Å². The number of non-ortho nitro benzene ring substituents is 1. The molecular weight excluding hydrogens is 416 g/mol. The van der Waals surface area contributed by atoms with Crippen molar-refractivity contribution in [2.45, 2.75) is 33.0 Å². The van der Waals surface area contributed by atoms with Gasteiger partial charge in [-0.15, -0.1) is 0 Å². The first-order chi connectivity index (χ1) is 14.1. The van der Waals surface area contributed by atoms with Gasteiger partial charge >= 0.3 is 5.97 Å². The lowest BCUT2D eigenvalue weighted by atomic mass is 10.2. The highest BCUT2D eigenvalue weighted by atomic mass is 35.5. The first-order valence-electron chi connectivity index (χ1n) is 8.92. The molecule has 0 aliphatic carbocycles. The molecule has 0 radical (unpaired) electrons. The molecule has 1 unspecified atom stereocenters. The number of ether oxygens (including phenoxy) is 3. The van der Waals surface area contributed by atoms with Gasteiger partial charge in [0.05, 0.1) is 34.4 Å². The molecule has 0 bridgehead atoms. The van der Waals surface area contributed by atoms with Crippen molar-refractivity contribution in [3.63, 3.8) is 0 Å². The molecule has 0 saturated heterocycles. The van der Waals surface area contributed by atoms with Gasteiger partial charge in [-0.2, -0.15) is 0 Å². The number of hydrogen-bond acceptors (Lipinski definition) is 7. The number of halogens is 1. The van der Waals surface area contributed by atoms with E-state index in [9.17, 15) is 19.7 Å². The van der Waals surface area contributed by atoms with Crippen LogP contribution >= 0.6 is 11.6 Å². The van der Waals surface area contributed by atoms with E-state index in [4.69, 9.17) is 25.8 Å². The minimum atomic E-state index is -1.19. The maximum absolute atomic E-state index is 12.4. The Morgan fingerprint density at radius 3 is 2.40 bits per heavy atom. The second kappa shape index (κ2) is 9.93. The van der Waals surface area contributed by atoms with Crippen molar-refractivity contribution in [3.05, 3.63) is 57.1 Å². The Kier molecular flexibility index (Phi) is 7.60. The number of nitrogens with one attached hydrogen (secondary N) is 1. The second-order valence-corrected chi connectivity index (χ2v) is 6.90. The zero-order chi connectivity index (χ0) is 22.4. The number of carbonyl (C=O) groups excluding carboxylic acids is 2. The summed E-state index contributed by atoms with van der Waals surface area (Å²) in [4.78, 5) is 35.0. The SMILES string of the molecule is COc1cc(C(=O)OC(C)C(=O)Nc2cc([N+](=O)[O-])ccc2Cl)ccc1OC(C)C. The summed E-state index contributed by atoms with van der Waals surface area (Å²) < 4.78 is 16.0. The number of esters is 1. The second-order valence-electron chi connectivity index (χ2n) is 6.49. The largest absolute Gasteiger partial charge is 0.493 e. The van der Waals surface area contributed by atoms with E-state index in [0.29, 0.717) is 11.5 Å². The van der Waals surface area contributed by atoms with Gasteiger partial charge < -0.3 is 19.5 Å². The summed E-state index contributed by atoms with van der Waals surface area (Å²) in [6.07, 6.45) is -1.27. The zero-order valence-corrected chi connectivity index (χ0v) is 17.6. The van der Waals surface area contributed by atoms with Crippen LogP contribution in [0.4, 0.5) is 11.4 Å². The van der Waals surface area contributed by atoms with Gasteiger partial charge in [0.25, 0.3) is 11.6 Å². The fraction of sp³-hybridized carbons (Fsp3) is 0.300. The fourth-order valence-corrected chi connectivity index (χ4v) is 2.55. The molecular formula is C20H21ClN2O7. The van der Waals surface area contributed by atoms with Gasteiger partial charge in [0.1, 0.15) is 0 Å². The van der Waals surface area contributed by atoms with Crippen LogP contribution in [0.1, 0.15) is 31.1 Å². The molecule has 2 aromatic rings. The molecule has 160 valence electrons. The Morgan fingerprint density at radius 1 is 1.10 bits per heavy atom. The van der Waals surface area contributed by atoms with E-state index in [-0.39, 0.29) is 28.1 Å². The van der Waals surface area contributed by atoms with E-state index < -0.39 is 22.9 Å².